The van der Waals surface area contributed by atoms with E-state index < -0.39 is 23.2 Å². The first-order valence-electron chi connectivity index (χ1n) is 13.7. The van der Waals surface area contributed by atoms with Crippen molar-refractivity contribution in [2.45, 2.75) is 33.3 Å². The third-order valence-corrected chi connectivity index (χ3v) is 6.51. The summed E-state index contributed by atoms with van der Waals surface area (Å²) in [6.07, 6.45) is -0.446. The van der Waals surface area contributed by atoms with Crippen LogP contribution in [0.2, 0.25) is 0 Å². The van der Waals surface area contributed by atoms with Crippen LogP contribution in [0.4, 0.5) is 10.5 Å². The molecule has 10 nitrogen and oxygen atoms in total. The molecule has 0 bridgehead atoms. The van der Waals surface area contributed by atoms with Crippen molar-refractivity contribution in [3.63, 3.8) is 0 Å². The van der Waals surface area contributed by atoms with E-state index in [1.54, 1.807) is 78.4 Å². The van der Waals surface area contributed by atoms with E-state index in [0.29, 0.717) is 45.9 Å². The highest BCUT2D eigenvalue weighted by Crippen LogP contribution is 2.33. The number of aryl methyl sites for hydroxylation is 1. The molecule has 10 heteroatoms. The van der Waals surface area contributed by atoms with Gasteiger partial charge in [-0.2, -0.15) is 0 Å². The Kier molecular flexibility index (Phi) is 9.28. The Bertz CT molecular complexity index is 1700. The molecular weight excluding hydrogens is 552 g/mol. The second-order valence-electron chi connectivity index (χ2n) is 11.0. The molecule has 0 atom stereocenters. The summed E-state index contributed by atoms with van der Waals surface area (Å²) >= 11 is 0. The molecule has 226 valence electrons. The van der Waals surface area contributed by atoms with E-state index in [9.17, 15) is 14.4 Å². The van der Waals surface area contributed by atoms with Gasteiger partial charge in [-0.05, 0) is 81.3 Å². The molecule has 0 radical (unpaired) electrons. The molecule has 0 saturated heterocycles. The van der Waals surface area contributed by atoms with Crippen molar-refractivity contribution in [3.05, 3.63) is 82.2 Å². The number of hydrogen-bond donors (Lipinski definition) is 1. The van der Waals surface area contributed by atoms with Gasteiger partial charge in [0, 0.05) is 29.6 Å². The van der Waals surface area contributed by atoms with Crippen molar-refractivity contribution < 1.29 is 33.0 Å². The van der Waals surface area contributed by atoms with Crippen LogP contribution in [0.3, 0.4) is 0 Å². The zero-order valence-electron chi connectivity index (χ0n) is 25.4. The van der Waals surface area contributed by atoms with Crippen LogP contribution >= 0.6 is 0 Å². The summed E-state index contributed by atoms with van der Waals surface area (Å²) in [6.45, 7) is 7.77. The van der Waals surface area contributed by atoms with Gasteiger partial charge in [0.1, 0.15) is 40.7 Å². The molecule has 2 amide bonds. The number of fused-ring (bicyclic) bond motifs is 1. The molecule has 1 aromatic heterocycles. The highest BCUT2D eigenvalue weighted by Gasteiger charge is 2.20. The van der Waals surface area contributed by atoms with Crippen molar-refractivity contribution in [2.24, 2.45) is 0 Å². The topological polar surface area (TPSA) is 117 Å². The molecule has 0 unspecified atom stereocenters. The molecule has 4 rings (SSSR count). The fourth-order valence-corrected chi connectivity index (χ4v) is 4.29. The smallest absolute Gasteiger partial charge is 0.410 e. The van der Waals surface area contributed by atoms with Gasteiger partial charge in [-0.15, -0.1) is 0 Å². The average Bonchev–Trinajstić information content (AvgIpc) is 2.96. The number of nitrogens with one attached hydrogen (secondary N) is 1. The van der Waals surface area contributed by atoms with Crippen LogP contribution in [0.5, 0.6) is 17.2 Å². The maximum absolute atomic E-state index is 13.2. The largest absolute Gasteiger partial charge is 0.497 e. The monoisotopic (exact) mass is 588 g/mol. The van der Waals surface area contributed by atoms with Gasteiger partial charge in [-0.3, -0.25) is 4.79 Å². The number of nitrogens with zero attached hydrogens (tertiary/aromatic N) is 1. The Hall–Kier alpha value is -4.99. The van der Waals surface area contributed by atoms with Gasteiger partial charge >= 0.3 is 11.7 Å². The molecule has 4 aromatic rings. The molecule has 1 heterocycles. The fraction of sp³-hybridized carbons (Fsp3) is 0.303. The molecule has 0 aliphatic rings. The Morgan fingerprint density at radius 3 is 2.42 bits per heavy atom. The molecular formula is C33H36N2O8. The minimum Gasteiger partial charge on any atom is -0.497 e. The summed E-state index contributed by atoms with van der Waals surface area (Å²) in [5.74, 6) is 1.28. The van der Waals surface area contributed by atoms with Crippen LogP contribution in [-0.2, 0) is 4.74 Å². The van der Waals surface area contributed by atoms with Crippen LogP contribution in [0, 0.1) is 6.92 Å². The predicted octanol–water partition coefficient (Wildman–Crippen LogP) is 6.28. The molecule has 0 aliphatic heterocycles. The molecule has 0 fully saturated rings. The van der Waals surface area contributed by atoms with Crippen LogP contribution < -0.4 is 25.2 Å². The minimum absolute atomic E-state index is 0.00306. The summed E-state index contributed by atoms with van der Waals surface area (Å²) in [4.78, 5) is 39.6. The molecule has 0 saturated carbocycles. The summed E-state index contributed by atoms with van der Waals surface area (Å²) in [6, 6.07) is 17.4. The van der Waals surface area contributed by atoms with Crippen LogP contribution in [0.25, 0.3) is 22.1 Å². The molecule has 0 spiro atoms. The normalized spacial score (nSPS) is 11.1. The van der Waals surface area contributed by atoms with E-state index in [0.717, 1.165) is 11.1 Å². The first kappa shape index (κ1) is 31.0. The first-order chi connectivity index (χ1) is 20.4. The number of carbonyl (C=O) groups is 2. The van der Waals surface area contributed by atoms with E-state index in [-0.39, 0.29) is 12.3 Å². The lowest BCUT2D eigenvalue weighted by Crippen LogP contribution is -2.36. The first-order valence-corrected chi connectivity index (χ1v) is 13.7. The zero-order valence-corrected chi connectivity index (χ0v) is 25.4. The third kappa shape index (κ3) is 7.65. The van der Waals surface area contributed by atoms with Gasteiger partial charge < -0.3 is 33.6 Å². The maximum Gasteiger partial charge on any atom is 0.410 e. The number of methoxy groups -OCH3 is 2. The van der Waals surface area contributed by atoms with Crippen LogP contribution in [0.15, 0.2) is 69.9 Å². The minimum atomic E-state index is -0.707. The lowest BCUT2D eigenvalue weighted by molar-refractivity contribution is 0.0278. The van der Waals surface area contributed by atoms with Gasteiger partial charge in [-0.25, -0.2) is 9.59 Å². The second-order valence-corrected chi connectivity index (χ2v) is 11.0. The van der Waals surface area contributed by atoms with Gasteiger partial charge in [0.05, 0.1) is 20.8 Å². The fourth-order valence-electron chi connectivity index (χ4n) is 4.29. The Morgan fingerprint density at radius 1 is 0.953 bits per heavy atom. The molecule has 0 aliphatic carbocycles. The van der Waals surface area contributed by atoms with Gasteiger partial charge in [0.15, 0.2) is 0 Å². The Balaban J connectivity index is 1.50. The highest BCUT2D eigenvalue weighted by molar-refractivity contribution is 6.05. The van der Waals surface area contributed by atoms with Gasteiger partial charge in [-0.1, -0.05) is 12.1 Å². The van der Waals surface area contributed by atoms with Gasteiger partial charge in [0.2, 0.25) is 0 Å². The zero-order chi connectivity index (χ0) is 31.3. The number of benzene rings is 3. The predicted molar refractivity (Wildman–Crippen MR) is 165 cm³/mol. The van der Waals surface area contributed by atoms with E-state index in [2.05, 4.69) is 5.32 Å². The van der Waals surface area contributed by atoms with Gasteiger partial charge in [0.25, 0.3) is 5.91 Å². The van der Waals surface area contributed by atoms with Crippen LogP contribution in [-0.4, -0.2) is 56.9 Å². The summed E-state index contributed by atoms with van der Waals surface area (Å²) in [7, 11) is 4.77. The maximum atomic E-state index is 13.2. The highest BCUT2D eigenvalue weighted by atomic mass is 16.6. The number of likely N-dealkylation sites (N-methyl/N-ethyl adjacent to an activating group) is 1. The van der Waals surface area contributed by atoms with E-state index in [1.165, 1.54) is 4.90 Å². The SMILES string of the molecule is COc1cccc(-c2cc(C(=O)Nc3cc4cc(C)c(OCCN(C)C(=O)OC(C)(C)C)cc4oc3=O)ccc2OC)c1. The quantitative estimate of drug-likeness (QED) is 0.227. The summed E-state index contributed by atoms with van der Waals surface area (Å²) in [5.41, 5.74) is 1.62. The van der Waals surface area contributed by atoms with E-state index >= 15 is 0 Å². The molecule has 43 heavy (non-hydrogen) atoms. The summed E-state index contributed by atoms with van der Waals surface area (Å²) < 4.78 is 27.6. The molecule has 1 N–H and O–H groups in total. The molecule has 3 aromatic carbocycles. The second kappa shape index (κ2) is 12.9. The van der Waals surface area contributed by atoms with Crippen molar-refractivity contribution in [3.8, 4) is 28.4 Å². The van der Waals surface area contributed by atoms with Crippen molar-refractivity contribution in [1.29, 1.82) is 0 Å². The number of carbonyl (C=O) groups excluding carboxylic acids is 2. The third-order valence-electron chi connectivity index (χ3n) is 6.51. The van der Waals surface area contributed by atoms with Crippen molar-refractivity contribution >= 4 is 28.7 Å². The van der Waals surface area contributed by atoms with E-state index in [4.69, 9.17) is 23.4 Å². The van der Waals surface area contributed by atoms with Crippen molar-refractivity contribution in [2.75, 3.05) is 39.7 Å². The Morgan fingerprint density at radius 2 is 1.72 bits per heavy atom. The van der Waals surface area contributed by atoms with Crippen molar-refractivity contribution in [1.82, 2.24) is 4.90 Å². The lowest BCUT2D eigenvalue weighted by Gasteiger charge is -2.24. The number of hydrogen-bond acceptors (Lipinski definition) is 8. The van der Waals surface area contributed by atoms with E-state index in [1.807, 2.05) is 31.2 Å². The standard InChI is InChI=1S/C33H36N2O8/c1-20-15-23-18-26(31(37)42-29(23)19-28(20)41-14-13-35(5)32(38)43-33(2,3)4)34-30(36)22-11-12-27(40-7)25(17-22)21-9-8-10-24(16-21)39-6/h8-12,15-19H,13-14H2,1-7H3,(H,34,36). The number of amides is 2. The number of ether oxygens (including phenoxy) is 4. The average molecular weight is 589 g/mol. The number of rotatable bonds is 9. The Labute approximate surface area is 250 Å². The lowest BCUT2D eigenvalue weighted by atomic mass is 10.0. The van der Waals surface area contributed by atoms with Crippen LogP contribution in [0.1, 0.15) is 36.7 Å². The summed E-state index contributed by atoms with van der Waals surface area (Å²) in [5, 5.41) is 3.28. The number of anilines is 1.